The predicted octanol–water partition coefficient (Wildman–Crippen LogP) is 3.29. The second kappa shape index (κ2) is 6.37. The average Bonchev–Trinajstić information content (AvgIpc) is 3.01. The van der Waals surface area contributed by atoms with Gasteiger partial charge in [-0.15, -0.1) is 12.4 Å². The van der Waals surface area contributed by atoms with Crippen LogP contribution in [-0.4, -0.2) is 11.9 Å². The molecule has 4 atom stereocenters. The molecule has 0 heterocycles. The number of halogens is 1. The van der Waals surface area contributed by atoms with Gasteiger partial charge in [0.15, 0.2) is 0 Å². The summed E-state index contributed by atoms with van der Waals surface area (Å²) in [6, 6.07) is 6.22. The smallest absolute Gasteiger partial charge is 0.229 e. The Morgan fingerprint density at radius 2 is 2.05 bits per heavy atom. The van der Waals surface area contributed by atoms with E-state index >= 15 is 0 Å². The zero-order valence-corrected chi connectivity index (χ0v) is 13.6. The van der Waals surface area contributed by atoms with E-state index in [9.17, 15) is 4.79 Å². The quantitative estimate of drug-likeness (QED) is 0.900. The van der Waals surface area contributed by atoms with E-state index in [4.69, 9.17) is 5.73 Å². The highest BCUT2D eigenvalue weighted by molar-refractivity contribution is 5.93. The van der Waals surface area contributed by atoms with Crippen LogP contribution in [0, 0.1) is 24.7 Å². The molecule has 0 spiro atoms. The molecule has 2 saturated carbocycles. The molecule has 2 aliphatic rings. The van der Waals surface area contributed by atoms with Gasteiger partial charge >= 0.3 is 0 Å². The minimum atomic E-state index is 0. The fourth-order valence-corrected chi connectivity index (χ4v) is 4.08. The van der Waals surface area contributed by atoms with Crippen LogP contribution in [0.3, 0.4) is 0 Å². The number of hydrogen-bond donors (Lipinski definition) is 2. The molecule has 2 aliphatic carbocycles. The summed E-state index contributed by atoms with van der Waals surface area (Å²) in [4.78, 5) is 12.5. The second-order valence-electron chi connectivity index (χ2n) is 6.42. The summed E-state index contributed by atoms with van der Waals surface area (Å²) < 4.78 is 0. The van der Waals surface area contributed by atoms with E-state index in [0.29, 0.717) is 11.8 Å². The molecule has 2 bridgehead atoms. The van der Waals surface area contributed by atoms with Gasteiger partial charge in [0.05, 0.1) is 5.92 Å². The summed E-state index contributed by atoms with van der Waals surface area (Å²) in [7, 11) is 0. The van der Waals surface area contributed by atoms with E-state index in [1.807, 2.05) is 6.07 Å². The minimum absolute atomic E-state index is 0. The van der Waals surface area contributed by atoms with Crippen LogP contribution < -0.4 is 11.1 Å². The Kier molecular flexibility index (Phi) is 4.95. The molecule has 2 fully saturated rings. The molecule has 0 aromatic heterocycles. The number of anilines is 1. The lowest BCUT2D eigenvalue weighted by Crippen LogP contribution is -2.42. The number of carbonyl (C=O) groups is 1. The van der Waals surface area contributed by atoms with Gasteiger partial charge < -0.3 is 11.1 Å². The predicted molar refractivity (Wildman–Crippen MR) is 88.7 cm³/mol. The lowest BCUT2D eigenvalue weighted by Gasteiger charge is -2.27. The van der Waals surface area contributed by atoms with Crippen LogP contribution in [-0.2, 0) is 11.2 Å². The van der Waals surface area contributed by atoms with E-state index < -0.39 is 0 Å². The summed E-state index contributed by atoms with van der Waals surface area (Å²) in [5.74, 6) is 1.21. The molecule has 1 aromatic carbocycles. The third kappa shape index (κ3) is 2.95. The van der Waals surface area contributed by atoms with Crippen molar-refractivity contribution in [2.45, 2.75) is 45.6 Å². The number of nitrogens with one attached hydrogen (secondary N) is 1. The molecule has 4 unspecified atom stereocenters. The Bertz CT molecular complexity index is 530. The highest BCUT2D eigenvalue weighted by atomic mass is 35.5. The Labute approximate surface area is 133 Å². The summed E-state index contributed by atoms with van der Waals surface area (Å²) in [5, 5.41) is 3.08. The molecule has 0 radical (unpaired) electrons. The van der Waals surface area contributed by atoms with Crippen molar-refractivity contribution >= 4 is 24.0 Å². The van der Waals surface area contributed by atoms with Crippen molar-refractivity contribution in [3.63, 3.8) is 0 Å². The van der Waals surface area contributed by atoms with Crippen LogP contribution in [0.5, 0.6) is 0 Å². The van der Waals surface area contributed by atoms with Crippen molar-refractivity contribution in [2.75, 3.05) is 5.32 Å². The maximum atomic E-state index is 12.5. The molecule has 116 valence electrons. The number of amides is 1. The van der Waals surface area contributed by atoms with Gasteiger partial charge in [0.1, 0.15) is 0 Å². The van der Waals surface area contributed by atoms with Crippen molar-refractivity contribution in [3.05, 3.63) is 29.3 Å². The third-order valence-corrected chi connectivity index (χ3v) is 5.28. The van der Waals surface area contributed by atoms with Gasteiger partial charge in [0, 0.05) is 11.7 Å². The van der Waals surface area contributed by atoms with Crippen LogP contribution in [0.1, 0.15) is 37.3 Å². The number of aryl methyl sites for hydroxylation is 2. The van der Waals surface area contributed by atoms with Gasteiger partial charge in [-0.05, 0) is 67.7 Å². The van der Waals surface area contributed by atoms with E-state index in [0.717, 1.165) is 18.5 Å². The van der Waals surface area contributed by atoms with Gasteiger partial charge in [-0.25, -0.2) is 0 Å². The largest absolute Gasteiger partial charge is 0.327 e. The second-order valence-corrected chi connectivity index (χ2v) is 6.42. The average molecular weight is 309 g/mol. The van der Waals surface area contributed by atoms with Gasteiger partial charge in [-0.1, -0.05) is 13.0 Å². The first kappa shape index (κ1) is 16.3. The summed E-state index contributed by atoms with van der Waals surface area (Å²) in [5.41, 5.74) is 9.72. The lowest BCUT2D eigenvalue weighted by molar-refractivity contribution is -0.121. The standard InChI is InChI=1S/C17H24N2O.ClH/c1-3-11-9-14(7-4-10(11)2)19-17(20)15-12-5-6-13(8-12)16(15)18;/h4,7,9,12-13,15-16H,3,5-6,8,18H2,1-2H3,(H,19,20);1H. The first-order valence-electron chi connectivity index (χ1n) is 7.76. The molecule has 1 amide bonds. The summed E-state index contributed by atoms with van der Waals surface area (Å²) >= 11 is 0. The Hall–Kier alpha value is -1.06. The molecule has 3 rings (SSSR count). The Morgan fingerprint density at radius 1 is 1.33 bits per heavy atom. The molecule has 21 heavy (non-hydrogen) atoms. The molecule has 3 nitrogen and oxygen atoms in total. The van der Waals surface area contributed by atoms with Gasteiger partial charge in [0.2, 0.25) is 5.91 Å². The van der Waals surface area contributed by atoms with Crippen LogP contribution in [0.15, 0.2) is 18.2 Å². The fourth-order valence-electron chi connectivity index (χ4n) is 4.08. The number of fused-ring (bicyclic) bond motifs is 2. The van der Waals surface area contributed by atoms with Crippen molar-refractivity contribution < 1.29 is 4.79 Å². The lowest BCUT2D eigenvalue weighted by atomic mass is 9.84. The zero-order valence-electron chi connectivity index (χ0n) is 12.8. The molecular weight excluding hydrogens is 284 g/mol. The number of carbonyl (C=O) groups excluding carboxylic acids is 1. The molecular formula is C17H25ClN2O. The Morgan fingerprint density at radius 3 is 2.67 bits per heavy atom. The van der Waals surface area contributed by atoms with Crippen molar-refractivity contribution in [3.8, 4) is 0 Å². The molecule has 0 aliphatic heterocycles. The van der Waals surface area contributed by atoms with E-state index in [1.165, 1.54) is 24.0 Å². The number of nitrogens with two attached hydrogens (primary N) is 1. The Balaban J connectivity index is 0.00000161. The van der Waals surface area contributed by atoms with Gasteiger partial charge in [-0.2, -0.15) is 0 Å². The van der Waals surface area contributed by atoms with E-state index in [2.05, 4.69) is 31.3 Å². The summed E-state index contributed by atoms with van der Waals surface area (Å²) in [6.45, 7) is 4.25. The minimum Gasteiger partial charge on any atom is -0.327 e. The first-order chi connectivity index (χ1) is 9.60. The SMILES string of the molecule is CCc1cc(NC(=O)C2C3CCC(C3)C2N)ccc1C.Cl. The molecule has 0 saturated heterocycles. The molecule has 3 N–H and O–H groups in total. The maximum absolute atomic E-state index is 12.5. The highest BCUT2D eigenvalue weighted by Gasteiger charge is 2.49. The van der Waals surface area contributed by atoms with Crippen LogP contribution >= 0.6 is 12.4 Å². The highest BCUT2D eigenvalue weighted by Crippen LogP contribution is 2.47. The number of hydrogen-bond acceptors (Lipinski definition) is 2. The normalized spacial score (nSPS) is 30.0. The molecule has 1 aromatic rings. The van der Waals surface area contributed by atoms with Crippen molar-refractivity contribution in [2.24, 2.45) is 23.5 Å². The van der Waals surface area contributed by atoms with Crippen LogP contribution in [0.2, 0.25) is 0 Å². The number of rotatable bonds is 3. The van der Waals surface area contributed by atoms with E-state index in [1.54, 1.807) is 0 Å². The maximum Gasteiger partial charge on any atom is 0.229 e. The zero-order chi connectivity index (χ0) is 14.3. The van der Waals surface area contributed by atoms with Gasteiger partial charge in [-0.3, -0.25) is 4.79 Å². The summed E-state index contributed by atoms with van der Waals surface area (Å²) in [6.07, 6.45) is 4.52. The van der Waals surface area contributed by atoms with Crippen molar-refractivity contribution in [1.29, 1.82) is 0 Å². The number of benzene rings is 1. The molecule has 4 heteroatoms. The van der Waals surface area contributed by atoms with Crippen molar-refractivity contribution in [1.82, 2.24) is 0 Å². The first-order valence-corrected chi connectivity index (χ1v) is 7.76. The fraction of sp³-hybridized carbons (Fsp3) is 0.588. The van der Waals surface area contributed by atoms with Crippen LogP contribution in [0.25, 0.3) is 0 Å². The van der Waals surface area contributed by atoms with Crippen LogP contribution in [0.4, 0.5) is 5.69 Å². The topological polar surface area (TPSA) is 55.1 Å². The van der Waals surface area contributed by atoms with E-state index in [-0.39, 0.29) is 30.3 Å². The monoisotopic (exact) mass is 308 g/mol. The van der Waals surface area contributed by atoms with Gasteiger partial charge in [0.25, 0.3) is 0 Å². The third-order valence-electron chi connectivity index (χ3n) is 5.28.